The fourth-order valence-corrected chi connectivity index (χ4v) is 2.94. The van der Waals surface area contributed by atoms with Gasteiger partial charge in [-0.2, -0.15) is 0 Å². The number of rotatable bonds is 6. The van der Waals surface area contributed by atoms with Crippen LogP contribution in [0.5, 0.6) is 0 Å². The van der Waals surface area contributed by atoms with Crippen molar-refractivity contribution in [2.75, 3.05) is 10.2 Å². The largest absolute Gasteiger partial charge is 0.373 e. The zero-order valence-corrected chi connectivity index (χ0v) is 13.9. The van der Waals surface area contributed by atoms with Crippen LogP contribution >= 0.6 is 0 Å². The van der Waals surface area contributed by atoms with Crippen LogP contribution in [0.1, 0.15) is 31.7 Å². The minimum absolute atomic E-state index is 0.158. The van der Waals surface area contributed by atoms with Crippen molar-refractivity contribution in [1.82, 2.24) is 0 Å². The van der Waals surface area contributed by atoms with Gasteiger partial charge in [0.15, 0.2) is 0 Å². The monoisotopic (exact) mass is 322 g/mol. The highest BCUT2D eigenvalue weighted by molar-refractivity contribution is 6.23. The zero-order valence-electron chi connectivity index (χ0n) is 13.9. The molecule has 1 aliphatic rings. The van der Waals surface area contributed by atoms with Crippen LogP contribution in [0.3, 0.4) is 0 Å². The van der Waals surface area contributed by atoms with E-state index in [2.05, 4.69) is 12.2 Å². The van der Waals surface area contributed by atoms with Crippen molar-refractivity contribution in [3.05, 3.63) is 60.2 Å². The Balaban J connectivity index is 1.72. The Morgan fingerprint density at radius 2 is 1.75 bits per heavy atom. The fourth-order valence-electron chi connectivity index (χ4n) is 2.94. The van der Waals surface area contributed by atoms with Crippen molar-refractivity contribution >= 4 is 23.2 Å². The lowest BCUT2D eigenvalue weighted by Crippen LogP contribution is -2.34. The van der Waals surface area contributed by atoms with Gasteiger partial charge in [-0.25, -0.2) is 4.90 Å². The van der Waals surface area contributed by atoms with Gasteiger partial charge in [0.25, 0.3) is 5.91 Å². The van der Waals surface area contributed by atoms with Gasteiger partial charge in [-0.15, -0.1) is 0 Å². The van der Waals surface area contributed by atoms with E-state index in [1.165, 1.54) is 10.5 Å². The second-order valence-electron chi connectivity index (χ2n) is 6.10. The first-order valence-electron chi connectivity index (χ1n) is 8.46. The summed E-state index contributed by atoms with van der Waals surface area (Å²) in [6, 6.07) is 16.7. The van der Waals surface area contributed by atoms with Crippen LogP contribution in [0.4, 0.5) is 11.4 Å². The highest BCUT2D eigenvalue weighted by atomic mass is 16.2. The number of carbonyl (C=O) groups excluding carboxylic acids is 2. The summed E-state index contributed by atoms with van der Waals surface area (Å²) in [6.45, 7) is 2.16. The molecule has 1 saturated heterocycles. The molecule has 1 aliphatic heterocycles. The summed E-state index contributed by atoms with van der Waals surface area (Å²) in [5.74, 6) is -0.347. The Morgan fingerprint density at radius 1 is 1.04 bits per heavy atom. The standard InChI is InChI=1S/C20H22N2O2/c1-2-3-7-15-10-12-17(13-11-15)22-19(23)14-18(20(22)24)21-16-8-5-4-6-9-16/h4-6,8-13,18,21H,2-3,7,14H2,1H3/t18-/m1/s1. The van der Waals surface area contributed by atoms with Crippen molar-refractivity contribution in [2.24, 2.45) is 0 Å². The van der Waals surface area contributed by atoms with Crippen molar-refractivity contribution in [3.8, 4) is 0 Å². The Morgan fingerprint density at radius 3 is 2.42 bits per heavy atom. The van der Waals surface area contributed by atoms with Crippen molar-refractivity contribution in [3.63, 3.8) is 0 Å². The molecule has 1 N–H and O–H groups in total. The number of hydrogen-bond acceptors (Lipinski definition) is 3. The molecule has 3 rings (SSSR count). The first-order valence-corrected chi connectivity index (χ1v) is 8.46. The van der Waals surface area contributed by atoms with Crippen LogP contribution in [0.15, 0.2) is 54.6 Å². The number of aryl methyl sites for hydroxylation is 1. The summed E-state index contributed by atoms with van der Waals surface area (Å²) < 4.78 is 0. The maximum Gasteiger partial charge on any atom is 0.256 e. The van der Waals surface area contributed by atoms with Gasteiger partial charge >= 0.3 is 0 Å². The fraction of sp³-hybridized carbons (Fsp3) is 0.300. The first-order chi connectivity index (χ1) is 11.7. The van der Waals surface area contributed by atoms with E-state index in [9.17, 15) is 9.59 Å². The SMILES string of the molecule is CCCCc1ccc(N2C(=O)C[C@@H](Nc3ccccc3)C2=O)cc1. The van der Waals surface area contributed by atoms with Crippen LogP contribution in [-0.2, 0) is 16.0 Å². The molecule has 0 spiro atoms. The summed E-state index contributed by atoms with van der Waals surface area (Å²) >= 11 is 0. The molecule has 0 bridgehead atoms. The van der Waals surface area contributed by atoms with Crippen LogP contribution in [-0.4, -0.2) is 17.9 Å². The van der Waals surface area contributed by atoms with Crippen molar-refractivity contribution < 1.29 is 9.59 Å². The molecule has 0 aliphatic carbocycles. The maximum atomic E-state index is 12.6. The molecule has 4 nitrogen and oxygen atoms in total. The van der Waals surface area contributed by atoms with E-state index in [4.69, 9.17) is 0 Å². The van der Waals surface area contributed by atoms with Crippen LogP contribution in [0, 0.1) is 0 Å². The molecule has 0 aromatic heterocycles. The number of benzene rings is 2. The van der Waals surface area contributed by atoms with E-state index in [-0.39, 0.29) is 18.2 Å². The van der Waals surface area contributed by atoms with Crippen LogP contribution in [0.2, 0.25) is 0 Å². The molecule has 2 amide bonds. The Kier molecular flexibility index (Phi) is 4.94. The number of anilines is 2. The number of unbranched alkanes of at least 4 members (excludes halogenated alkanes) is 1. The summed E-state index contributed by atoms with van der Waals surface area (Å²) in [7, 11) is 0. The molecular weight excluding hydrogens is 300 g/mol. The molecule has 0 unspecified atom stereocenters. The predicted octanol–water partition coefficient (Wildman–Crippen LogP) is 3.77. The lowest BCUT2D eigenvalue weighted by atomic mass is 10.1. The average Bonchev–Trinajstić information content (AvgIpc) is 2.88. The Hall–Kier alpha value is -2.62. The Bertz CT molecular complexity index is 710. The summed E-state index contributed by atoms with van der Waals surface area (Å²) in [5, 5.41) is 3.15. The molecule has 2 aromatic carbocycles. The predicted molar refractivity (Wildman–Crippen MR) is 96.0 cm³/mol. The summed E-state index contributed by atoms with van der Waals surface area (Å²) in [5.41, 5.74) is 2.74. The summed E-state index contributed by atoms with van der Waals surface area (Å²) in [6.07, 6.45) is 3.50. The minimum atomic E-state index is -0.500. The van der Waals surface area contributed by atoms with E-state index in [1.807, 2.05) is 54.6 Å². The van der Waals surface area contributed by atoms with E-state index in [0.29, 0.717) is 5.69 Å². The van der Waals surface area contributed by atoms with Gasteiger partial charge in [0, 0.05) is 5.69 Å². The lowest BCUT2D eigenvalue weighted by Gasteiger charge is -2.16. The highest BCUT2D eigenvalue weighted by Gasteiger charge is 2.39. The molecule has 1 heterocycles. The summed E-state index contributed by atoms with van der Waals surface area (Å²) in [4.78, 5) is 26.2. The molecule has 2 aromatic rings. The molecule has 1 atom stereocenters. The first kappa shape index (κ1) is 16.2. The molecule has 4 heteroatoms. The third-order valence-electron chi connectivity index (χ3n) is 4.27. The number of nitrogens with zero attached hydrogens (tertiary/aromatic N) is 1. The van der Waals surface area contributed by atoms with E-state index in [1.54, 1.807) is 0 Å². The molecule has 24 heavy (non-hydrogen) atoms. The van der Waals surface area contributed by atoms with Gasteiger partial charge in [-0.3, -0.25) is 9.59 Å². The topological polar surface area (TPSA) is 49.4 Å². The van der Waals surface area contributed by atoms with Crippen LogP contribution in [0.25, 0.3) is 0 Å². The van der Waals surface area contributed by atoms with Crippen LogP contribution < -0.4 is 10.2 Å². The molecule has 124 valence electrons. The normalized spacial score (nSPS) is 17.4. The number of carbonyl (C=O) groups is 2. The number of para-hydroxylation sites is 1. The van der Waals surface area contributed by atoms with E-state index in [0.717, 1.165) is 24.9 Å². The van der Waals surface area contributed by atoms with Crippen molar-refractivity contribution in [1.29, 1.82) is 0 Å². The highest BCUT2D eigenvalue weighted by Crippen LogP contribution is 2.25. The zero-order chi connectivity index (χ0) is 16.9. The second-order valence-corrected chi connectivity index (χ2v) is 6.10. The van der Waals surface area contributed by atoms with Gasteiger partial charge in [0.2, 0.25) is 5.91 Å². The van der Waals surface area contributed by atoms with Crippen molar-refractivity contribution in [2.45, 2.75) is 38.6 Å². The molecule has 1 fully saturated rings. The number of amides is 2. The third kappa shape index (κ3) is 3.48. The minimum Gasteiger partial charge on any atom is -0.373 e. The molecule has 0 radical (unpaired) electrons. The molecular formula is C20H22N2O2. The van der Waals surface area contributed by atoms with E-state index < -0.39 is 6.04 Å². The van der Waals surface area contributed by atoms with Gasteiger partial charge in [-0.05, 0) is 42.7 Å². The average molecular weight is 322 g/mol. The molecule has 0 saturated carbocycles. The number of nitrogens with one attached hydrogen (secondary N) is 1. The van der Waals surface area contributed by atoms with Gasteiger partial charge in [-0.1, -0.05) is 43.7 Å². The Labute approximate surface area is 142 Å². The maximum absolute atomic E-state index is 12.6. The third-order valence-corrected chi connectivity index (χ3v) is 4.27. The number of imide groups is 1. The van der Waals surface area contributed by atoms with Gasteiger partial charge < -0.3 is 5.32 Å². The van der Waals surface area contributed by atoms with E-state index >= 15 is 0 Å². The lowest BCUT2D eigenvalue weighted by molar-refractivity contribution is -0.121. The number of hydrogen-bond donors (Lipinski definition) is 1. The quantitative estimate of drug-likeness (QED) is 0.824. The van der Waals surface area contributed by atoms with Gasteiger partial charge in [0.05, 0.1) is 12.1 Å². The smallest absolute Gasteiger partial charge is 0.256 e. The van der Waals surface area contributed by atoms with Gasteiger partial charge in [0.1, 0.15) is 6.04 Å². The second kappa shape index (κ2) is 7.30.